The Hall–Kier alpha value is -1.09. The molecule has 0 radical (unpaired) electrons. The molecule has 1 aromatic heterocycles. The molecule has 21 heavy (non-hydrogen) atoms. The second kappa shape index (κ2) is 6.78. The molecular weight excluding hydrogens is 260 g/mol. The lowest BCUT2D eigenvalue weighted by atomic mass is 9.91. The van der Waals surface area contributed by atoms with Gasteiger partial charge in [0, 0.05) is 24.1 Å². The third-order valence-corrected chi connectivity index (χ3v) is 3.93. The van der Waals surface area contributed by atoms with E-state index in [9.17, 15) is 0 Å². The van der Waals surface area contributed by atoms with E-state index in [-0.39, 0.29) is 5.41 Å². The Labute approximate surface area is 129 Å². The van der Waals surface area contributed by atoms with Crippen LogP contribution in [0.3, 0.4) is 0 Å². The highest BCUT2D eigenvalue weighted by Gasteiger charge is 2.21. The molecule has 1 N–H and O–H groups in total. The first kappa shape index (κ1) is 16.3. The predicted molar refractivity (Wildman–Crippen MR) is 87.8 cm³/mol. The van der Waals surface area contributed by atoms with Gasteiger partial charge in [-0.3, -0.25) is 0 Å². The fraction of sp³-hybridized carbons (Fsp3) is 0.722. The highest BCUT2D eigenvalue weighted by Crippen LogP contribution is 2.27. The largest absolute Gasteiger partial charge is 0.474 e. The minimum absolute atomic E-state index is 0.0433. The van der Waals surface area contributed by atoms with Gasteiger partial charge in [0.2, 0.25) is 5.88 Å². The summed E-state index contributed by atoms with van der Waals surface area (Å²) in [6.07, 6.45) is 5.26. The van der Waals surface area contributed by atoms with Crippen LogP contribution in [0, 0.1) is 0 Å². The van der Waals surface area contributed by atoms with Crippen molar-refractivity contribution in [1.29, 1.82) is 0 Å². The maximum atomic E-state index is 6.12. The average molecular weight is 290 g/mol. The number of nitrogens with one attached hydrogen (secondary N) is 1. The van der Waals surface area contributed by atoms with Crippen molar-refractivity contribution >= 4 is 0 Å². The monoisotopic (exact) mass is 290 g/mol. The van der Waals surface area contributed by atoms with Crippen LogP contribution in [0.5, 0.6) is 5.88 Å². The summed E-state index contributed by atoms with van der Waals surface area (Å²) in [6.45, 7) is 11.8. The smallest absolute Gasteiger partial charge is 0.214 e. The molecule has 1 fully saturated rings. The summed E-state index contributed by atoms with van der Waals surface area (Å²) in [4.78, 5) is 4.75. The van der Waals surface area contributed by atoms with E-state index in [0.29, 0.717) is 12.1 Å². The quantitative estimate of drug-likeness (QED) is 0.882. The van der Waals surface area contributed by atoms with Gasteiger partial charge < -0.3 is 10.1 Å². The SMILES string of the molecule is CC(C)NCc1cc(OC2CCCC2)nc(C(C)(C)C)c1. The summed E-state index contributed by atoms with van der Waals surface area (Å²) in [5.74, 6) is 0.801. The van der Waals surface area contributed by atoms with Crippen LogP contribution in [0.4, 0.5) is 0 Å². The van der Waals surface area contributed by atoms with E-state index in [2.05, 4.69) is 52.1 Å². The van der Waals surface area contributed by atoms with Gasteiger partial charge in [0.1, 0.15) is 6.10 Å². The first-order chi connectivity index (χ1) is 9.84. The molecule has 0 unspecified atom stereocenters. The van der Waals surface area contributed by atoms with Crippen molar-refractivity contribution in [1.82, 2.24) is 10.3 Å². The molecule has 1 heterocycles. The highest BCUT2D eigenvalue weighted by atomic mass is 16.5. The number of pyridine rings is 1. The standard InChI is InChI=1S/C18H30N2O/c1-13(2)19-12-14-10-16(18(3,4)5)20-17(11-14)21-15-8-6-7-9-15/h10-11,13,15,19H,6-9,12H2,1-5H3. The van der Waals surface area contributed by atoms with E-state index in [0.717, 1.165) is 18.1 Å². The zero-order valence-electron chi connectivity index (χ0n) is 14.2. The van der Waals surface area contributed by atoms with Crippen molar-refractivity contribution in [2.45, 2.75) is 84.4 Å². The maximum Gasteiger partial charge on any atom is 0.214 e. The van der Waals surface area contributed by atoms with Crippen LogP contribution < -0.4 is 10.1 Å². The van der Waals surface area contributed by atoms with Gasteiger partial charge in [-0.15, -0.1) is 0 Å². The van der Waals surface area contributed by atoms with E-state index in [4.69, 9.17) is 9.72 Å². The van der Waals surface area contributed by atoms with Crippen LogP contribution in [0.2, 0.25) is 0 Å². The summed E-state index contributed by atoms with van der Waals surface area (Å²) >= 11 is 0. The average Bonchev–Trinajstić information content (AvgIpc) is 2.88. The summed E-state index contributed by atoms with van der Waals surface area (Å²) in [6, 6.07) is 4.79. The molecule has 1 aliphatic rings. The maximum absolute atomic E-state index is 6.12. The summed E-state index contributed by atoms with van der Waals surface area (Å²) in [5, 5.41) is 3.48. The van der Waals surface area contributed by atoms with Crippen LogP contribution in [-0.2, 0) is 12.0 Å². The van der Waals surface area contributed by atoms with Crippen molar-refractivity contribution < 1.29 is 4.74 Å². The Bertz CT molecular complexity index is 457. The predicted octanol–water partition coefficient (Wildman–Crippen LogP) is 4.20. The van der Waals surface area contributed by atoms with Crippen LogP contribution in [0.1, 0.15) is 71.6 Å². The minimum atomic E-state index is 0.0433. The molecule has 0 aromatic carbocycles. The van der Waals surface area contributed by atoms with Gasteiger partial charge in [0.15, 0.2) is 0 Å². The molecule has 1 saturated carbocycles. The van der Waals surface area contributed by atoms with Crippen LogP contribution in [0.15, 0.2) is 12.1 Å². The zero-order chi connectivity index (χ0) is 15.5. The zero-order valence-corrected chi connectivity index (χ0v) is 14.2. The molecule has 3 nitrogen and oxygen atoms in total. The Balaban J connectivity index is 2.19. The first-order valence-corrected chi connectivity index (χ1v) is 8.26. The molecule has 0 atom stereocenters. The fourth-order valence-corrected chi connectivity index (χ4v) is 2.60. The van der Waals surface area contributed by atoms with E-state index in [1.54, 1.807) is 0 Å². The lowest BCUT2D eigenvalue weighted by molar-refractivity contribution is 0.200. The minimum Gasteiger partial charge on any atom is -0.474 e. The molecule has 118 valence electrons. The summed E-state index contributed by atoms with van der Waals surface area (Å²) in [7, 11) is 0. The van der Waals surface area contributed by atoms with Gasteiger partial charge in [0.25, 0.3) is 0 Å². The third kappa shape index (κ3) is 4.99. The van der Waals surface area contributed by atoms with Gasteiger partial charge >= 0.3 is 0 Å². The van der Waals surface area contributed by atoms with Crippen molar-refractivity contribution in [2.24, 2.45) is 0 Å². The fourth-order valence-electron chi connectivity index (χ4n) is 2.60. The van der Waals surface area contributed by atoms with Crippen LogP contribution in [-0.4, -0.2) is 17.1 Å². The number of aromatic nitrogens is 1. The van der Waals surface area contributed by atoms with Gasteiger partial charge in [-0.2, -0.15) is 0 Å². The van der Waals surface area contributed by atoms with Crippen molar-refractivity contribution in [2.75, 3.05) is 0 Å². The molecule has 1 aliphatic carbocycles. The molecule has 2 rings (SSSR count). The van der Waals surface area contributed by atoms with E-state index in [1.807, 2.05) is 0 Å². The molecule has 0 aliphatic heterocycles. The van der Waals surface area contributed by atoms with E-state index in [1.165, 1.54) is 31.2 Å². The molecule has 0 saturated heterocycles. The molecule has 0 spiro atoms. The Morgan fingerprint density at radius 1 is 1.24 bits per heavy atom. The topological polar surface area (TPSA) is 34.1 Å². The van der Waals surface area contributed by atoms with Crippen LogP contribution in [0.25, 0.3) is 0 Å². The second-order valence-corrected chi connectivity index (χ2v) is 7.51. The van der Waals surface area contributed by atoms with Gasteiger partial charge in [-0.25, -0.2) is 4.98 Å². The number of ether oxygens (including phenoxy) is 1. The summed E-state index contributed by atoms with van der Waals surface area (Å²) < 4.78 is 6.12. The molecular formula is C18H30N2O. The Kier molecular flexibility index (Phi) is 5.26. The lowest BCUT2D eigenvalue weighted by Crippen LogP contribution is -2.23. The van der Waals surface area contributed by atoms with Gasteiger partial charge in [0.05, 0.1) is 5.69 Å². The number of hydrogen-bond donors (Lipinski definition) is 1. The van der Waals surface area contributed by atoms with Crippen molar-refractivity contribution in [3.05, 3.63) is 23.4 Å². The van der Waals surface area contributed by atoms with E-state index < -0.39 is 0 Å². The number of hydrogen-bond acceptors (Lipinski definition) is 3. The Morgan fingerprint density at radius 2 is 1.90 bits per heavy atom. The molecule has 1 aromatic rings. The summed E-state index contributed by atoms with van der Waals surface area (Å²) in [5.41, 5.74) is 2.41. The normalized spacial score (nSPS) is 16.7. The van der Waals surface area contributed by atoms with Gasteiger partial charge in [-0.05, 0) is 37.3 Å². The molecule has 0 amide bonds. The number of nitrogens with zero attached hydrogens (tertiary/aromatic N) is 1. The second-order valence-electron chi connectivity index (χ2n) is 7.51. The van der Waals surface area contributed by atoms with Crippen molar-refractivity contribution in [3.8, 4) is 5.88 Å². The first-order valence-electron chi connectivity index (χ1n) is 8.26. The van der Waals surface area contributed by atoms with Crippen LogP contribution >= 0.6 is 0 Å². The van der Waals surface area contributed by atoms with Gasteiger partial charge in [-0.1, -0.05) is 34.6 Å². The molecule has 3 heteroatoms. The highest BCUT2D eigenvalue weighted by molar-refractivity contribution is 5.28. The van der Waals surface area contributed by atoms with E-state index >= 15 is 0 Å². The lowest BCUT2D eigenvalue weighted by Gasteiger charge is -2.21. The number of rotatable bonds is 5. The van der Waals surface area contributed by atoms with Crippen molar-refractivity contribution in [3.63, 3.8) is 0 Å². The Morgan fingerprint density at radius 3 is 2.48 bits per heavy atom. The third-order valence-electron chi connectivity index (χ3n) is 3.93. The molecule has 0 bridgehead atoms.